The van der Waals surface area contributed by atoms with Crippen LogP contribution in [0.3, 0.4) is 0 Å². The average Bonchev–Trinajstić information content (AvgIpc) is 2.03. The molecule has 12 heavy (non-hydrogen) atoms. The summed E-state index contributed by atoms with van der Waals surface area (Å²) in [6.45, 7) is 4.41. The van der Waals surface area contributed by atoms with E-state index in [-0.39, 0.29) is 0 Å². The number of nitrogens with two attached hydrogens (primary N) is 1. The Kier molecular flexibility index (Phi) is 3.09. The van der Waals surface area contributed by atoms with Crippen molar-refractivity contribution in [3.05, 3.63) is 24.0 Å². The van der Waals surface area contributed by atoms with Crippen molar-refractivity contribution < 1.29 is 0 Å². The van der Waals surface area contributed by atoms with Gasteiger partial charge in [-0.1, -0.05) is 13.8 Å². The summed E-state index contributed by atoms with van der Waals surface area (Å²) in [6, 6.07) is 3.77. The van der Waals surface area contributed by atoms with Crippen molar-refractivity contribution in [1.82, 2.24) is 4.98 Å². The van der Waals surface area contributed by atoms with Gasteiger partial charge in [0.15, 0.2) is 0 Å². The number of nitrogens with zero attached hydrogens (tertiary/aromatic N) is 1. The Bertz CT molecular complexity index is 243. The highest BCUT2D eigenvalue weighted by molar-refractivity contribution is 5.41. The molecule has 2 N–H and O–H groups in total. The number of anilines is 1. The number of hydrogen-bond donors (Lipinski definition) is 1. The molecule has 0 aliphatic carbocycles. The van der Waals surface area contributed by atoms with E-state index in [2.05, 4.69) is 18.8 Å². The minimum absolute atomic E-state index is 0.714. The van der Waals surface area contributed by atoms with Gasteiger partial charge in [0.2, 0.25) is 0 Å². The van der Waals surface area contributed by atoms with Crippen molar-refractivity contribution in [2.24, 2.45) is 5.92 Å². The molecule has 0 amide bonds. The van der Waals surface area contributed by atoms with Gasteiger partial charge < -0.3 is 5.73 Å². The molecule has 1 rings (SSSR count). The van der Waals surface area contributed by atoms with Gasteiger partial charge >= 0.3 is 0 Å². The largest absolute Gasteiger partial charge is 0.397 e. The molecular weight excluding hydrogens is 148 g/mol. The van der Waals surface area contributed by atoms with Crippen molar-refractivity contribution in [3.8, 4) is 0 Å². The van der Waals surface area contributed by atoms with Crippen LogP contribution in [0.4, 0.5) is 5.69 Å². The average molecular weight is 164 g/mol. The first-order chi connectivity index (χ1) is 5.70. The van der Waals surface area contributed by atoms with Gasteiger partial charge in [0.25, 0.3) is 0 Å². The lowest BCUT2D eigenvalue weighted by molar-refractivity contribution is 0.582. The van der Waals surface area contributed by atoms with Crippen molar-refractivity contribution in [3.63, 3.8) is 0 Å². The van der Waals surface area contributed by atoms with Crippen LogP contribution in [-0.4, -0.2) is 4.98 Å². The molecule has 1 aromatic heterocycles. The van der Waals surface area contributed by atoms with Crippen LogP contribution in [-0.2, 0) is 6.42 Å². The molecule has 66 valence electrons. The molecule has 1 aromatic rings. The summed E-state index contributed by atoms with van der Waals surface area (Å²) in [5.41, 5.74) is 7.60. The van der Waals surface area contributed by atoms with Gasteiger partial charge in [0.05, 0.1) is 11.4 Å². The topological polar surface area (TPSA) is 38.9 Å². The van der Waals surface area contributed by atoms with Crippen LogP contribution in [0.2, 0.25) is 0 Å². The van der Waals surface area contributed by atoms with Crippen LogP contribution in [0.1, 0.15) is 26.0 Å². The first kappa shape index (κ1) is 9.04. The molecule has 0 spiro atoms. The SMILES string of the molecule is CC(C)CCc1ncccc1N. The quantitative estimate of drug-likeness (QED) is 0.744. The zero-order valence-electron chi connectivity index (χ0n) is 7.75. The molecular formula is C10H16N2. The van der Waals surface area contributed by atoms with Crippen LogP contribution in [0.5, 0.6) is 0 Å². The predicted molar refractivity (Wildman–Crippen MR) is 51.8 cm³/mol. The fourth-order valence-corrected chi connectivity index (χ4v) is 1.08. The first-order valence-corrected chi connectivity index (χ1v) is 4.39. The summed E-state index contributed by atoms with van der Waals surface area (Å²) in [5, 5.41) is 0. The summed E-state index contributed by atoms with van der Waals surface area (Å²) in [7, 11) is 0. The maximum Gasteiger partial charge on any atom is 0.0632 e. The van der Waals surface area contributed by atoms with Gasteiger partial charge in [0, 0.05) is 6.20 Å². The predicted octanol–water partition coefficient (Wildman–Crippen LogP) is 2.25. The fraction of sp³-hybridized carbons (Fsp3) is 0.500. The van der Waals surface area contributed by atoms with Gasteiger partial charge in [-0.3, -0.25) is 4.98 Å². The molecule has 0 fully saturated rings. The molecule has 2 heteroatoms. The molecule has 1 heterocycles. The lowest BCUT2D eigenvalue weighted by Crippen LogP contribution is -1.99. The Balaban J connectivity index is 2.57. The second kappa shape index (κ2) is 4.10. The van der Waals surface area contributed by atoms with E-state index in [0.717, 1.165) is 24.2 Å². The van der Waals surface area contributed by atoms with Crippen LogP contribution >= 0.6 is 0 Å². The van der Waals surface area contributed by atoms with Crippen molar-refractivity contribution >= 4 is 5.69 Å². The van der Waals surface area contributed by atoms with E-state index < -0.39 is 0 Å². The van der Waals surface area contributed by atoms with Crippen molar-refractivity contribution in [2.45, 2.75) is 26.7 Å². The smallest absolute Gasteiger partial charge is 0.0632 e. The Morgan fingerprint density at radius 3 is 2.83 bits per heavy atom. The van der Waals surface area contributed by atoms with E-state index in [0.29, 0.717) is 5.92 Å². The zero-order valence-corrected chi connectivity index (χ0v) is 7.75. The number of hydrogen-bond acceptors (Lipinski definition) is 2. The van der Waals surface area contributed by atoms with Crippen molar-refractivity contribution in [2.75, 3.05) is 5.73 Å². The summed E-state index contributed by atoms with van der Waals surface area (Å²) < 4.78 is 0. The maximum atomic E-state index is 5.74. The Morgan fingerprint density at radius 1 is 1.50 bits per heavy atom. The minimum atomic E-state index is 0.714. The molecule has 0 bridgehead atoms. The van der Waals surface area contributed by atoms with Gasteiger partial charge in [-0.15, -0.1) is 0 Å². The summed E-state index contributed by atoms with van der Waals surface area (Å²) >= 11 is 0. The molecule has 0 aromatic carbocycles. The fourth-order valence-electron chi connectivity index (χ4n) is 1.08. The highest BCUT2D eigenvalue weighted by Crippen LogP contribution is 2.12. The number of nitrogen functional groups attached to an aromatic ring is 1. The third kappa shape index (κ3) is 2.53. The van der Waals surface area contributed by atoms with Crippen LogP contribution in [0.25, 0.3) is 0 Å². The maximum absolute atomic E-state index is 5.74. The molecule has 0 atom stereocenters. The molecule has 0 saturated carbocycles. The molecule has 0 unspecified atom stereocenters. The Morgan fingerprint density at radius 2 is 2.25 bits per heavy atom. The van der Waals surface area contributed by atoms with E-state index >= 15 is 0 Å². The highest BCUT2D eigenvalue weighted by Gasteiger charge is 2.00. The lowest BCUT2D eigenvalue weighted by atomic mass is 10.1. The Hall–Kier alpha value is -1.05. The lowest BCUT2D eigenvalue weighted by Gasteiger charge is -2.05. The van der Waals surface area contributed by atoms with E-state index in [1.165, 1.54) is 0 Å². The molecule has 0 saturated heterocycles. The molecule has 0 aliphatic heterocycles. The normalized spacial score (nSPS) is 10.6. The van der Waals surface area contributed by atoms with E-state index in [1.54, 1.807) is 6.20 Å². The number of rotatable bonds is 3. The minimum Gasteiger partial charge on any atom is -0.397 e. The molecule has 0 radical (unpaired) electrons. The van der Waals surface area contributed by atoms with Gasteiger partial charge in [-0.25, -0.2) is 0 Å². The number of aryl methyl sites for hydroxylation is 1. The number of aromatic nitrogens is 1. The molecule has 2 nitrogen and oxygen atoms in total. The van der Waals surface area contributed by atoms with Gasteiger partial charge in [-0.05, 0) is 30.9 Å². The van der Waals surface area contributed by atoms with Crippen LogP contribution in [0, 0.1) is 5.92 Å². The van der Waals surface area contributed by atoms with Crippen molar-refractivity contribution in [1.29, 1.82) is 0 Å². The monoisotopic (exact) mass is 164 g/mol. The zero-order chi connectivity index (χ0) is 8.97. The van der Waals surface area contributed by atoms with Gasteiger partial charge in [-0.2, -0.15) is 0 Å². The number of pyridine rings is 1. The summed E-state index contributed by atoms with van der Waals surface area (Å²) in [5.74, 6) is 0.714. The summed E-state index contributed by atoms with van der Waals surface area (Å²) in [4.78, 5) is 4.23. The van der Waals surface area contributed by atoms with E-state index in [4.69, 9.17) is 5.73 Å². The van der Waals surface area contributed by atoms with Crippen LogP contribution < -0.4 is 5.73 Å². The third-order valence-corrected chi connectivity index (χ3v) is 1.88. The first-order valence-electron chi connectivity index (χ1n) is 4.39. The second-order valence-electron chi connectivity index (χ2n) is 3.47. The molecule has 0 aliphatic rings. The second-order valence-corrected chi connectivity index (χ2v) is 3.47. The van der Waals surface area contributed by atoms with E-state index in [9.17, 15) is 0 Å². The standard InChI is InChI=1S/C10H16N2/c1-8(2)5-6-10-9(11)4-3-7-12-10/h3-4,7-8H,5-6,11H2,1-2H3. The highest BCUT2D eigenvalue weighted by atomic mass is 14.7. The third-order valence-electron chi connectivity index (χ3n) is 1.88. The Labute approximate surface area is 73.8 Å². The van der Waals surface area contributed by atoms with E-state index in [1.807, 2.05) is 12.1 Å². The van der Waals surface area contributed by atoms with Gasteiger partial charge in [0.1, 0.15) is 0 Å². The summed E-state index contributed by atoms with van der Waals surface area (Å²) in [6.07, 6.45) is 3.94. The van der Waals surface area contributed by atoms with Crippen LogP contribution in [0.15, 0.2) is 18.3 Å².